The smallest absolute Gasteiger partial charge is 0.261 e. The van der Waals surface area contributed by atoms with Gasteiger partial charge in [0.05, 0.1) is 5.52 Å². The lowest BCUT2D eigenvalue weighted by Crippen LogP contribution is -2.51. The average Bonchev–Trinajstić information content (AvgIpc) is 2.96. The number of hydrogen-bond donors (Lipinski definition) is 3. The Bertz CT molecular complexity index is 1080. The molecule has 2 heterocycles. The number of para-hydroxylation sites is 2. The van der Waals surface area contributed by atoms with E-state index in [-0.39, 0.29) is 16.9 Å². The highest BCUT2D eigenvalue weighted by atomic mass is 32.1. The number of aromatic nitrogens is 1. The van der Waals surface area contributed by atoms with Crippen LogP contribution in [0.1, 0.15) is 12.5 Å². The summed E-state index contributed by atoms with van der Waals surface area (Å²) in [6.45, 7) is 1.82. The molecule has 2 aromatic carbocycles. The van der Waals surface area contributed by atoms with Gasteiger partial charge in [0.2, 0.25) is 0 Å². The maximum Gasteiger partial charge on any atom is 0.261 e. The quantitative estimate of drug-likeness (QED) is 0.605. The van der Waals surface area contributed by atoms with Crippen LogP contribution >= 0.6 is 12.2 Å². The summed E-state index contributed by atoms with van der Waals surface area (Å²) in [6.07, 6.45) is 0. The maximum absolute atomic E-state index is 13.1. The molecule has 3 aromatic rings. The highest BCUT2D eigenvalue weighted by Crippen LogP contribution is 2.38. The van der Waals surface area contributed by atoms with Crippen molar-refractivity contribution in [2.24, 2.45) is 7.05 Å². The number of nitrogens with one attached hydrogen (secondary N) is 2. The largest absolute Gasteiger partial charge is 0.507 e. The van der Waals surface area contributed by atoms with E-state index < -0.39 is 5.66 Å². The van der Waals surface area contributed by atoms with Gasteiger partial charge in [0, 0.05) is 18.1 Å². The minimum Gasteiger partial charge on any atom is -0.507 e. The number of hydrazine groups is 1. The number of aryl methyl sites for hydroxylation is 1. The van der Waals surface area contributed by atoms with Crippen molar-refractivity contribution in [2.45, 2.75) is 12.6 Å². The Labute approximate surface area is 155 Å². The van der Waals surface area contributed by atoms with Crippen LogP contribution in [0.4, 0.5) is 5.69 Å². The van der Waals surface area contributed by atoms with Crippen molar-refractivity contribution in [2.75, 3.05) is 4.90 Å². The molecular formula is C19H18N4O2S. The number of fused-ring (bicyclic) bond motifs is 1. The van der Waals surface area contributed by atoms with Crippen molar-refractivity contribution in [3.8, 4) is 5.75 Å². The molecule has 1 fully saturated rings. The molecule has 132 valence electrons. The van der Waals surface area contributed by atoms with Gasteiger partial charge in [-0.1, -0.05) is 30.3 Å². The number of nitrogens with zero attached hydrogens (tertiary/aromatic N) is 2. The normalized spacial score (nSPS) is 19.8. The molecule has 0 saturated carbocycles. The number of thiocarbonyl (C=S) groups is 1. The van der Waals surface area contributed by atoms with Crippen LogP contribution in [-0.4, -0.2) is 14.8 Å². The molecule has 0 radical (unpaired) electrons. The van der Waals surface area contributed by atoms with Gasteiger partial charge < -0.3 is 9.67 Å². The minimum absolute atomic E-state index is 0.0499. The lowest BCUT2D eigenvalue weighted by atomic mass is 9.97. The molecule has 6 nitrogen and oxygen atoms in total. The number of rotatable bonds is 2. The van der Waals surface area contributed by atoms with Gasteiger partial charge in [-0.25, -0.2) is 5.43 Å². The number of aromatic hydroxyl groups is 1. The Morgan fingerprint density at radius 3 is 2.46 bits per heavy atom. The monoisotopic (exact) mass is 366 g/mol. The molecule has 1 saturated heterocycles. The molecule has 1 unspecified atom stereocenters. The molecule has 0 amide bonds. The molecule has 1 atom stereocenters. The molecule has 4 rings (SSSR count). The summed E-state index contributed by atoms with van der Waals surface area (Å²) >= 11 is 5.45. The Morgan fingerprint density at radius 2 is 1.73 bits per heavy atom. The second-order valence-electron chi connectivity index (χ2n) is 6.40. The van der Waals surface area contributed by atoms with Gasteiger partial charge in [-0.05, 0) is 43.4 Å². The zero-order chi connectivity index (χ0) is 18.5. The van der Waals surface area contributed by atoms with Crippen molar-refractivity contribution in [1.29, 1.82) is 0 Å². The van der Waals surface area contributed by atoms with E-state index in [0.29, 0.717) is 16.0 Å². The molecule has 1 aliphatic heterocycles. The van der Waals surface area contributed by atoms with E-state index >= 15 is 0 Å². The first-order valence-electron chi connectivity index (χ1n) is 8.19. The van der Waals surface area contributed by atoms with Gasteiger partial charge in [0.25, 0.3) is 5.56 Å². The fourth-order valence-corrected chi connectivity index (χ4v) is 3.87. The van der Waals surface area contributed by atoms with Crippen molar-refractivity contribution in [3.63, 3.8) is 0 Å². The van der Waals surface area contributed by atoms with Crippen LogP contribution in [0.3, 0.4) is 0 Å². The third kappa shape index (κ3) is 2.21. The zero-order valence-corrected chi connectivity index (χ0v) is 15.2. The van der Waals surface area contributed by atoms with E-state index in [1.54, 1.807) is 22.6 Å². The highest BCUT2D eigenvalue weighted by molar-refractivity contribution is 7.80. The van der Waals surface area contributed by atoms with Crippen LogP contribution in [0.15, 0.2) is 59.4 Å². The van der Waals surface area contributed by atoms with E-state index in [4.69, 9.17) is 12.2 Å². The van der Waals surface area contributed by atoms with E-state index in [1.165, 1.54) is 0 Å². The summed E-state index contributed by atoms with van der Waals surface area (Å²) in [5.41, 5.74) is 6.38. The zero-order valence-electron chi connectivity index (χ0n) is 14.4. The first kappa shape index (κ1) is 16.6. The van der Waals surface area contributed by atoms with Crippen LogP contribution in [0.2, 0.25) is 0 Å². The van der Waals surface area contributed by atoms with Crippen molar-refractivity contribution >= 4 is 33.9 Å². The summed E-state index contributed by atoms with van der Waals surface area (Å²) in [4.78, 5) is 14.9. The third-order valence-corrected chi connectivity index (χ3v) is 5.12. The third-order valence-electron chi connectivity index (χ3n) is 4.84. The lowest BCUT2D eigenvalue weighted by molar-refractivity contribution is 0.374. The van der Waals surface area contributed by atoms with Crippen molar-refractivity contribution in [3.05, 3.63) is 70.5 Å². The predicted molar refractivity (Wildman–Crippen MR) is 106 cm³/mol. The lowest BCUT2D eigenvalue weighted by Gasteiger charge is -2.35. The summed E-state index contributed by atoms with van der Waals surface area (Å²) in [5.74, 6) is -0.0499. The number of anilines is 1. The molecule has 3 N–H and O–H groups in total. The fourth-order valence-electron chi connectivity index (χ4n) is 3.54. The van der Waals surface area contributed by atoms with Gasteiger partial charge in [-0.15, -0.1) is 0 Å². The average molecular weight is 366 g/mol. The molecular weight excluding hydrogens is 348 g/mol. The maximum atomic E-state index is 13.1. The predicted octanol–water partition coefficient (Wildman–Crippen LogP) is 2.32. The van der Waals surface area contributed by atoms with E-state index in [0.717, 1.165) is 5.69 Å². The number of hydrogen-bond acceptors (Lipinski definition) is 4. The van der Waals surface area contributed by atoms with E-state index in [2.05, 4.69) is 10.9 Å². The van der Waals surface area contributed by atoms with Gasteiger partial charge in [-0.3, -0.25) is 15.1 Å². The van der Waals surface area contributed by atoms with Crippen LogP contribution in [0.5, 0.6) is 5.75 Å². The second kappa shape index (κ2) is 5.82. The summed E-state index contributed by atoms with van der Waals surface area (Å²) < 4.78 is 1.54. The first-order chi connectivity index (χ1) is 12.4. The van der Waals surface area contributed by atoms with Gasteiger partial charge in [0.1, 0.15) is 17.0 Å². The molecule has 0 spiro atoms. The highest BCUT2D eigenvalue weighted by Gasteiger charge is 2.46. The summed E-state index contributed by atoms with van der Waals surface area (Å²) in [5, 5.41) is 12.0. The number of benzene rings is 2. The summed E-state index contributed by atoms with van der Waals surface area (Å²) in [6, 6.07) is 16.8. The molecule has 26 heavy (non-hydrogen) atoms. The minimum atomic E-state index is -1.05. The number of pyridine rings is 1. The van der Waals surface area contributed by atoms with E-state index in [9.17, 15) is 9.90 Å². The van der Waals surface area contributed by atoms with Crippen LogP contribution in [0, 0.1) is 0 Å². The molecule has 0 bridgehead atoms. The SMILES string of the molecule is Cn1c(=O)c(C2(C)NNC(=S)N2c2ccccc2)c(O)c2ccccc21. The Hall–Kier alpha value is -2.90. The first-order valence-corrected chi connectivity index (χ1v) is 8.59. The van der Waals surface area contributed by atoms with Gasteiger partial charge in [-0.2, -0.15) is 0 Å². The second-order valence-corrected chi connectivity index (χ2v) is 6.79. The standard InChI is InChI=1S/C19H18N4O2S/c1-19(21-20-18(26)23(19)12-8-4-3-5-9-12)15-16(24)13-10-6-7-11-14(13)22(2)17(15)25/h3-11,21,24H,1-2H3,(H,20,26). The van der Waals surface area contributed by atoms with Crippen molar-refractivity contribution in [1.82, 2.24) is 15.4 Å². The van der Waals surface area contributed by atoms with Crippen molar-refractivity contribution < 1.29 is 5.11 Å². The topological polar surface area (TPSA) is 69.5 Å². The van der Waals surface area contributed by atoms with Gasteiger partial charge in [0.15, 0.2) is 5.11 Å². The Balaban J connectivity index is 2.02. The molecule has 1 aliphatic rings. The van der Waals surface area contributed by atoms with E-state index in [1.807, 2.05) is 55.5 Å². The molecule has 1 aromatic heterocycles. The van der Waals surface area contributed by atoms with Crippen LogP contribution < -0.4 is 21.3 Å². The molecule has 0 aliphatic carbocycles. The fraction of sp³-hybridized carbons (Fsp3) is 0.158. The Morgan fingerprint density at radius 1 is 1.08 bits per heavy atom. The van der Waals surface area contributed by atoms with Crippen LogP contribution in [-0.2, 0) is 12.7 Å². The van der Waals surface area contributed by atoms with Crippen LogP contribution in [0.25, 0.3) is 10.9 Å². The Kier molecular flexibility index (Phi) is 3.71. The summed E-state index contributed by atoms with van der Waals surface area (Å²) in [7, 11) is 1.70. The molecule has 7 heteroatoms. The van der Waals surface area contributed by atoms with Gasteiger partial charge >= 0.3 is 0 Å².